The molecule has 3 atom stereocenters. The predicted molar refractivity (Wildman–Crippen MR) is 83.8 cm³/mol. The molecule has 0 saturated heterocycles. The second-order valence-electron chi connectivity index (χ2n) is 7.52. The van der Waals surface area contributed by atoms with Crippen LogP contribution in [0, 0.1) is 11.8 Å². The molecule has 2 N–H and O–H groups in total. The van der Waals surface area contributed by atoms with Crippen LogP contribution in [-0.2, 0) is 4.43 Å². The summed E-state index contributed by atoms with van der Waals surface area (Å²) in [6.07, 6.45) is 0.141. The van der Waals surface area contributed by atoms with Gasteiger partial charge in [0.1, 0.15) is 0 Å². The van der Waals surface area contributed by atoms with Gasteiger partial charge in [-0.05, 0) is 30.5 Å². The SMILES string of the molecule is CC(C)[C@@H](O)[C@@H](C)[C@@H](CCO)O[Si](C)(C)C(C)(C)C. The van der Waals surface area contributed by atoms with E-state index in [0.29, 0.717) is 6.42 Å². The van der Waals surface area contributed by atoms with Gasteiger partial charge in [0.2, 0.25) is 0 Å². The van der Waals surface area contributed by atoms with Crippen molar-refractivity contribution < 1.29 is 14.6 Å². The molecule has 0 aliphatic carbocycles. The van der Waals surface area contributed by atoms with Crippen molar-refractivity contribution in [3.8, 4) is 0 Å². The van der Waals surface area contributed by atoms with E-state index in [-0.39, 0.29) is 35.7 Å². The third-order valence-corrected chi connectivity index (χ3v) is 8.98. The van der Waals surface area contributed by atoms with Crippen LogP contribution in [0.2, 0.25) is 18.1 Å². The Hall–Kier alpha value is 0.0969. The molecule has 116 valence electrons. The van der Waals surface area contributed by atoms with Crippen LogP contribution in [0.25, 0.3) is 0 Å². The summed E-state index contributed by atoms with van der Waals surface area (Å²) in [6.45, 7) is 17.2. The van der Waals surface area contributed by atoms with E-state index in [2.05, 4.69) is 33.9 Å². The largest absolute Gasteiger partial charge is 0.413 e. The van der Waals surface area contributed by atoms with Crippen LogP contribution in [0.15, 0.2) is 0 Å². The van der Waals surface area contributed by atoms with Gasteiger partial charge in [-0.2, -0.15) is 0 Å². The van der Waals surface area contributed by atoms with E-state index < -0.39 is 8.32 Å². The highest BCUT2D eigenvalue weighted by Gasteiger charge is 2.41. The summed E-state index contributed by atoms with van der Waals surface area (Å²) in [5.41, 5.74) is 0. The predicted octanol–water partition coefficient (Wildman–Crippen LogP) is 3.41. The van der Waals surface area contributed by atoms with Gasteiger partial charge in [-0.1, -0.05) is 41.5 Å². The van der Waals surface area contributed by atoms with E-state index >= 15 is 0 Å². The van der Waals surface area contributed by atoms with Crippen LogP contribution in [0.5, 0.6) is 0 Å². The van der Waals surface area contributed by atoms with Crippen molar-refractivity contribution in [2.45, 2.75) is 78.3 Å². The summed E-state index contributed by atoms with van der Waals surface area (Å²) in [5, 5.41) is 19.6. The van der Waals surface area contributed by atoms with Crippen LogP contribution in [0.4, 0.5) is 0 Å². The van der Waals surface area contributed by atoms with Gasteiger partial charge >= 0.3 is 0 Å². The summed E-state index contributed by atoms with van der Waals surface area (Å²) in [5.74, 6) is 0.250. The van der Waals surface area contributed by atoms with E-state index in [0.717, 1.165) is 0 Å². The van der Waals surface area contributed by atoms with Crippen molar-refractivity contribution in [1.82, 2.24) is 0 Å². The Morgan fingerprint density at radius 2 is 1.58 bits per heavy atom. The molecule has 0 unspecified atom stereocenters. The van der Waals surface area contributed by atoms with Gasteiger partial charge in [0, 0.05) is 12.5 Å². The molecule has 0 fully saturated rings. The van der Waals surface area contributed by atoms with E-state index in [4.69, 9.17) is 4.43 Å². The van der Waals surface area contributed by atoms with Crippen molar-refractivity contribution >= 4 is 8.32 Å². The molecule has 0 aliphatic heterocycles. The van der Waals surface area contributed by atoms with Crippen LogP contribution < -0.4 is 0 Å². The quantitative estimate of drug-likeness (QED) is 0.706. The maximum atomic E-state index is 10.2. The second-order valence-corrected chi connectivity index (χ2v) is 12.3. The average Bonchev–Trinajstić information content (AvgIpc) is 2.24. The Kier molecular flexibility index (Phi) is 7.24. The molecular weight excluding hydrogens is 256 g/mol. The first kappa shape index (κ1) is 19.1. The fourth-order valence-electron chi connectivity index (χ4n) is 1.94. The lowest BCUT2D eigenvalue weighted by atomic mass is 9.89. The summed E-state index contributed by atoms with van der Waals surface area (Å²) in [7, 11) is -1.87. The lowest BCUT2D eigenvalue weighted by molar-refractivity contribution is -0.00537. The zero-order valence-electron chi connectivity index (χ0n) is 14.0. The van der Waals surface area contributed by atoms with Crippen LogP contribution in [-0.4, -0.2) is 37.3 Å². The second kappa shape index (κ2) is 7.20. The summed E-state index contributed by atoms with van der Waals surface area (Å²) in [6, 6.07) is 0. The van der Waals surface area contributed by atoms with Crippen LogP contribution in [0.1, 0.15) is 48.0 Å². The number of hydrogen-bond acceptors (Lipinski definition) is 3. The monoisotopic (exact) mass is 290 g/mol. The van der Waals surface area contributed by atoms with E-state index in [1.807, 2.05) is 20.8 Å². The molecular formula is C15H34O3Si. The average molecular weight is 291 g/mol. The highest BCUT2D eigenvalue weighted by atomic mass is 28.4. The van der Waals surface area contributed by atoms with Gasteiger partial charge in [-0.25, -0.2) is 0 Å². The van der Waals surface area contributed by atoms with Crippen molar-refractivity contribution in [3.63, 3.8) is 0 Å². The summed E-state index contributed by atoms with van der Waals surface area (Å²) in [4.78, 5) is 0. The molecule has 0 aliphatic rings. The van der Waals surface area contributed by atoms with Crippen LogP contribution in [0.3, 0.4) is 0 Å². The van der Waals surface area contributed by atoms with Crippen molar-refractivity contribution in [3.05, 3.63) is 0 Å². The molecule has 0 spiro atoms. The molecule has 0 saturated carbocycles. The van der Waals surface area contributed by atoms with Crippen molar-refractivity contribution in [2.75, 3.05) is 6.61 Å². The normalized spacial score (nSPS) is 18.5. The van der Waals surface area contributed by atoms with E-state index in [1.165, 1.54) is 0 Å². The number of rotatable bonds is 7. The van der Waals surface area contributed by atoms with Gasteiger partial charge in [-0.15, -0.1) is 0 Å². The molecule has 19 heavy (non-hydrogen) atoms. The van der Waals surface area contributed by atoms with Crippen molar-refractivity contribution in [1.29, 1.82) is 0 Å². The molecule has 0 amide bonds. The molecule has 0 aromatic rings. The number of aliphatic hydroxyl groups excluding tert-OH is 2. The van der Waals surface area contributed by atoms with E-state index in [9.17, 15) is 10.2 Å². The Labute approximate surface area is 120 Å². The van der Waals surface area contributed by atoms with Gasteiger partial charge in [0.25, 0.3) is 0 Å². The third-order valence-electron chi connectivity index (χ3n) is 4.47. The minimum atomic E-state index is -1.87. The Bertz CT molecular complexity index is 259. The molecule has 0 aromatic carbocycles. The highest BCUT2D eigenvalue weighted by molar-refractivity contribution is 6.74. The highest BCUT2D eigenvalue weighted by Crippen LogP contribution is 2.39. The smallest absolute Gasteiger partial charge is 0.192 e. The van der Waals surface area contributed by atoms with Crippen molar-refractivity contribution in [2.24, 2.45) is 11.8 Å². The number of hydrogen-bond donors (Lipinski definition) is 2. The molecule has 0 bridgehead atoms. The first-order chi connectivity index (χ1) is 8.44. The topological polar surface area (TPSA) is 49.7 Å². The molecule has 3 nitrogen and oxygen atoms in total. The third kappa shape index (κ3) is 5.54. The molecule has 0 radical (unpaired) electrons. The number of aliphatic hydroxyl groups is 2. The fourth-order valence-corrected chi connectivity index (χ4v) is 3.38. The maximum Gasteiger partial charge on any atom is 0.192 e. The minimum absolute atomic E-state index is 0.0428. The first-order valence-corrected chi connectivity index (χ1v) is 10.3. The summed E-state index contributed by atoms with van der Waals surface area (Å²) >= 11 is 0. The van der Waals surface area contributed by atoms with Gasteiger partial charge < -0.3 is 14.6 Å². The zero-order chi connectivity index (χ0) is 15.4. The Morgan fingerprint density at radius 1 is 1.11 bits per heavy atom. The fraction of sp³-hybridized carbons (Fsp3) is 1.00. The molecule has 0 rings (SSSR count). The summed E-state index contributed by atoms with van der Waals surface area (Å²) < 4.78 is 6.39. The minimum Gasteiger partial charge on any atom is -0.413 e. The Morgan fingerprint density at radius 3 is 1.89 bits per heavy atom. The molecule has 4 heteroatoms. The van der Waals surface area contributed by atoms with Gasteiger partial charge in [0.15, 0.2) is 8.32 Å². The zero-order valence-corrected chi connectivity index (χ0v) is 15.0. The van der Waals surface area contributed by atoms with Crippen LogP contribution >= 0.6 is 0 Å². The Balaban J connectivity index is 4.93. The molecule has 0 heterocycles. The van der Waals surface area contributed by atoms with E-state index in [1.54, 1.807) is 0 Å². The lowest BCUT2D eigenvalue weighted by Crippen LogP contribution is -2.48. The van der Waals surface area contributed by atoms with Gasteiger partial charge in [-0.3, -0.25) is 0 Å². The van der Waals surface area contributed by atoms with Gasteiger partial charge in [0.05, 0.1) is 12.2 Å². The maximum absolute atomic E-state index is 10.2. The first-order valence-electron chi connectivity index (χ1n) is 7.40. The lowest BCUT2D eigenvalue weighted by Gasteiger charge is -2.42. The standard InChI is InChI=1S/C15H34O3Si/c1-11(2)14(17)12(3)13(9-10-16)18-19(7,8)15(4,5)6/h11-14,16-17H,9-10H2,1-8H3/t12-,13+,14+/m0/s1. The molecule has 0 aromatic heterocycles.